The van der Waals surface area contributed by atoms with Gasteiger partial charge >= 0.3 is 6.03 Å². The van der Waals surface area contributed by atoms with E-state index >= 15 is 0 Å². The van der Waals surface area contributed by atoms with Gasteiger partial charge in [0.25, 0.3) is 0 Å². The van der Waals surface area contributed by atoms with Crippen molar-refractivity contribution in [2.45, 2.75) is 13.2 Å². The molecule has 8 heteroatoms. The highest BCUT2D eigenvalue weighted by molar-refractivity contribution is 6.31. The van der Waals surface area contributed by atoms with Crippen LogP contribution in [0.5, 0.6) is 5.88 Å². The molecule has 0 aliphatic carbocycles. The Morgan fingerprint density at radius 2 is 1.88 bits per heavy atom. The summed E-state index contributed by atoms with van der Waals surface area (Å²) in [6.07, 6.45) is 3.42. The first-order valence-corrected chi connectivity index (χ1v) is 10.3. The number of ether oxygens (including phenoxy) is 1. The molecule has 2 heterocycles. The molecule has 0 radical (unpaired) electrons. The number of amides is 2. The smallest absolute Gasteiger partial charge is 0.321 e. The summed E-state index contributed by atoms with van der Waals surface area (Å²) in [5, 5.41) is 4.44. The van der Waals surface area contributed by atoms with E-state index in [1.54, 1.807) is 19.4 Å². The second kappa shape index (κ2) is 9.62. The van der Waals surface area contributed by atoms with Gasteiger partial charge in [-0.25, -0.2) is 14.2 Å². The predicted octanol–water partition coefficient (Wildman–Crippen LogP) is 5.67. The number of pyridine rings is 2. The van der Waals surface area contributed by atoms with Crippen LogP contribution in [0.15, 0.2) is 73.1 Å². The Kier molecular flexibility index (Phi) is 6.47. The third-order valence-corrected chi connectivity index (χ3v) is 5.14. The number of urea groups is 1. The number of nitrogens with one attached hydrogen (secondary N) is 1. The summed E-state index contributed by atoms with van der Waals surface area (Å²) in [7, 11) is 1.67. The number of anilines is 1. The molecule has 2 aromatic heterocycles. The summed E-state index contributed by atoms with van der Waals surface area (Å²) in [6, 6.07) is 17.1. The summed E-state index contributed by atoms with van der Waals surface area (Å²) in [5.41, 5.74) is 2.08. The molecule has 162 valence electrons. The molecule has 32 heavy (non-hydrogen) atoms. The standard InChI is InChI=1S/C24H20ClFN4O2/c1-30(24(31)29-17-9-10-22(26)21(25)12-17)14-16-13-28-23(20-8-3-2-7-19(16)20)32-15-18-6-4-5-11-27-18/h2-13H,14-15H2,1H3,(H,29,31). The van der Waals surface area contributed by atoms with E-state index in [1.807, 2.05) is 42.5 Å². The van der Waals surface area contributed by atoms with Crippen LogP contribution in [0.4, 0.5) is 14.9 Å². The van der Waals surface area contributed by atoms with E-state index in [-0.39, 0.29) is 11.1 Å². The molecule has 0 saturated carbocycles. The van der Waals surface area contributed by atoms with Crippen LogP contribution in [-0.4, -0.2) is 27.9 Å². The lowest BCUT2D eigenvalue weighted by atomic mass is 10.1. The Bertz CT molecular complexity index is 1250. The molecule has 0 fully saturated rings. The number of carbonyl (C=O) groups excluding carboxylic acids is 1. The monoisotopic (exact) mass is 450 g/mol. The zero-order chi connectivity index (χ0) is 22.5. The fraction of sp³-hybridized carbons (Fsp3) is 0.125. The Morgan fingerprint density at radius 1 is 1.09 bits per heavy atom. The molecule has 0 saturated heterocycles. The fourth-order valence-corrected chi connectivity index (χ4v) is 3.39. The van der Waals surface area contributed by atoms with E-state index in [0.717, 1.165) is 22.0 Å². The van der Waals surface area contributed by atoms with Crippen LogP contribution in [0.1, 0.15) is 11.3 Å². The number of fused-ring (bicyclic) bond motifs is 1. The SMILES string of the molecule is CN(Cc1cnc(OCc2ccccn2)c2ccccc12)C(=O)Nc1ccc(F)c(Cl)c1. The van der Waals surface area contributed by atoms with Gasteiger partial charge in [0.05, 0.1) is 10.7 Å². The van der Waals surface area contributed by atoms with Crippen molar-refractivity contribution in [2.75, 3.05) is 12.4 Å². The molecule has 4 aromatic rings. The van der Waals surface area contributed by atoms with E-state index in [1.165, 1.54) is 23.1 Å². The maximum absolute atomic E-state index is 13.3. The van der Waals surface area contributed by atoms with Crippen LogP contribution in [0.2, 0.25) is 5.02 Å². The number of rotatable bonds is 6. The first kappa shape index (κ1) is 21.5. The first-order chi connectivity index (χ1) is 15.5. The van der Waals surface area contributed by atoms with E-state index in [9.17, 15) is 9.18 Å². The zero-order valence-corrected chi connectivity index (χ0v) is 18.0. The van der Waals surface area contributed by atoms with Gasteiger partial charge in [0.2, 0.25) is 5.88 Å². The number of hydrogen-bond acceptors (Lipinski definition) is 4. The van der Waals surface area contributed by atoms with Gasteiger partial charge in [0.1, 0.15) is 12.4 Å². The summed E-state index contributed by atoms with van der Waals surface area (Å²) in [6.45, 7) is 0.620. The van der Waals surface area contributed by atoms with Crippen molar-refractivity contribution in [2.24, 2.45) is 0 Å². The number of aromatic nitrogens is 2. The highest BCUT2D eigenvalue weighted by Gasteiger charge is 2.14. The van der Waals surface area contributed by atoms with E-state index < -0.39 is 5.82 Å². The molecular weight excluding hydrogens is 431 g/mol. The van der Waals surface area contributed by atoms with Gasteiger partial charge in [-0.05, 0) is 47.3 Å². The highest BCUT2D eigenvalue weighted by Crippen LogP contribution is 2.27. The summed E-state index contributed by atoms with van der Waals surface area (Å²) >= 11 is 5.79. The lowest BCUT2D eigenvalue weighted by Crippen LogP contribution is -2.31. The third kappa shape index (κ3) is 4.95. The lowest BCUT2D eigenvalue weighted by Gasteiger charge is -2.19. The highest BCUT2D eigenvalue weighted by atomic mass is 35.5. The van der Waals surface area contributed by atoms with Crippen LogP contribution in [0, 0.1) is 5.82 Å². The lowest BCUT2D eigenvalue weighted by molar-refractivity contribution is 0.221. The van der Waals surface area contributed by atoms with Crippen molar-refractivity contribution >= 4 is 34.1 Å². The Hall–Kier alpha value is -3.71. The number of nitrogens with zero attached hydrogens (tertiary/aromatic N) is 3. The number of hydrogen-bond donors (Lipinski definition) is 1. The zero-order valence-electron chi connectivity index (χ0n) is 17.3. The average Bonchev–Trinajstić information content (AvgIpc) is 2.81. The molecule has 0 unspecified atom stereocenters. The fourth-order valence-electron chi connectivity index (χ4n) is 3.21. The molecule has 0 aliphatic rings. The minimum atomic E-state index is -0.541. The topological polar surface area (TPSA) is 67.3 Å². The first-order valence-electron chi connectivity index (χ1n) is 9.88. The van der Waals surface area contributed by atoms with Crippen LogP contribution < -0.4 is 10.1 Å². The van der Waals surface area contributed by atoms with Crippen LogP contribution in [-0.2, 0) is 13.2 Å². The largest absolute Gasteiger partial charge is 0.471 e. The Balaban J connectivity index is 1.50. The molecule has 0 atom stereocenters. The number of benzene rings is 2. The summed E-state index contributed by atoms with van der Waals surface area (Å²) in [5.74, 6) is -0.0380. The number of halogens is 2. The van der Waals surface area contributed by atoms with E-state index in [2.05, 4.69) is 15.3 Å². The summed E-state index contributed by atoms with van der Waals surface area (Å²) < 4.78 is 19.2. The third-order valence-electron chi connectivity index (χ3n) is 4.85. The molecule has 1 N–H and O–H groups in total. The molecular formula is C24H20ClFN4O2. The molecule has 0 spiro atoms. The van der Waals surface area contributed by atoms with Gasteiger partial charge in [-0.3, -0.25) is 4.98 Å². The average molecular weight is 451 g/mol. The van der Waals surface area contributed by atoms with Gasteiger partial charge in [-0.1, -0.05) is 35.9 Å². The quantitative estimate of drug-likeness (QED) is 0.411. The van der Waals surface area contributed by atoms with Crippen molar-refractivity contribution in [1.82, 2.24) is 14.9 Å². The van der Waals surface area contributed by atoms with Crippen molar-refractivity contribution < 1.29 is 13.9 Å². The maximum atomic E-state index is 13.3. The van der Waals surface area contributed by atoms with Gasteiger partial charge < -0.3 is 15.0 Å². The van der Waals surface area contributed by atoms with Crippen molar-refractivity contribution in [3.8, 4) is 5.88 Å². The van der Waals surface area contributed by atoms with Crippen LogP contribution >= 0.6 is 11.6 Å². The molecule has 0 aliphatic heterocycles. The maximum Gasteiger partial charge on any atom is 0.321 e. The van der Waals surface area contributed by atoms with Crippen molar-refractivity contribution in [3.05, 3.63) is 95.2 Å². The minimum absolute atomic E-state index is 0.0538. The van der Waals surface area contributed by atoms with Gasteiger partial charge in [0.15, 0.2) is 0 Å². The molecule has 0 bridgehead atoms. The van der Waals surface area contributed by atoms with Crippen molar-refractivity contribution in [1.29, 1.82) is 0 Å². The second-order valence-electron chi connectivity index (χ2n) is 7.16. The normalized spacial score (nSPS) is 10.7. The van der Waals surface area contributed by atoms with E-state index in [0.29, 0.717) is 24.7 Å². The van der Waals surface area contributed by atoms with Crippen LogP contribution in [0.25, 0.3) is 10.8 Å². The molecule has 6 nitrogen and oxygen atoms in total. The van der Waals surface area contributed by atoms with Crippen LogP contribution in [0.3, 0.4) is 0 Å². The Labute approximate surface area is 189 Å². The molecule has 4 rings (SSSR count). The molecule has 2 amide bonds. The minimum Gasteiger partial charge on any atom is -0.471 e. The van der Waals surface area contributed by atoms with Gasteiger partial charge in [-0.2, -0.15) is 0 Å². The molecule has 2 aromatic carbocycles. The van der Waals surface area contributed by atoms with Crippen molar-refractivity contribution in [3.63, 3.8) is 0 Å². The Morgan fingerprint density at radius 3 is 2.62 bits per heavy atom. The second-order valence-corrected chi connectivity index (χ2v) is 7.57. The van der Waals surface area contributed by atoms with Gasteiger partial charge in [0, 0.05) is 37.1 Å². The summed E-state index contributed by atoms with van der Waals surface area (Å²) in [4.78, 5) is 22.8. The van der Waals surface area contributed by atoms with Gasteiger partial charge in [-0.15, -0.1) is 0 Å². The van der Waals surface area contributed by atoms with E-state index in [4.69, 9.17) is 16.3 Å². The number of carbonyl (C=O) groups is 1. The predicted molar refractivity (Wildman–Crippen MR) is 122 cm³/mol.